The molecule has 0 heterocycles. The van der Waals surface area contributed by atoms with Crippen LogP contribution < -0.4 is 10.5 Å². The molecule has 2 N–H and O–H groups in total. The van der Waals surface area contributed by atoms with Gasteiger partial charge < -0.3 is 10.5 Å². The van der Waals surface area contributed by atoms with Crippen molar-refractivity contribution in [3.63, 3.8) is 0 Å². The zero-order valence-corrected chi connectivity index (χ0v) is 12.9. The Morgan fingerprint density at radius 3 is 2.42 bits per heavy atom. The summed E-state index contributed by atoms with van der Waals surface area (Å²) < 4.78 is 5.74. The molecule has 0 saturated carbocycles. The molecule has 0 spiro atoms. The molecule has 106 valence electrons. The highest BCUT2D eigenvalue weighted by molar-refractivity contribution is 7.80. The third-order valence-corrected chi connectivity index (χ3v) is 3.64. The molecule has 1 rings (SSSR count). The van der Waals surface area contributed by atoms with Gasteiger partial charge in [-0.3, -0.25) is 4.90 Å². The van der Waals surface area contributed by atoms with E-state index in [2.05, 4.69) is 25.7 Å². The summed E-state index contributed by atoms with van der Waals surface area (Å²) in [5.41, 5.74) is 6.43. The average Bonchev–Trinajstić information content (AvgIpc) is 2.43. The number of nitrogens with zero attached hydrogens (tertiary/aromatic N) is 1. The van der Waals surface area contributed by atoms with E-state index in [0.29, 0.717) is 17.6 Å². The minimum Gasteiger partial charge on any atom is -0.492 e. The molecule has 1 aromatic carbocycles. The van der Waals surface area contributed by atoms with Crippen molar-refractivity contribution in [3.8, 4) is 5.75 Å². The molecular formula is C15H24N2OS. The van der Waals surface area contributed by atoms with Crippen molar-refractivity contribution >= 4 is 17.2 Å². The lowest BCUT2D eigenvalue weighted by Crippen LogP contribution is -2.35. The van der Waals surface area contributed by atoms with Gasteiger partial charge in [0, 0.05) is 18.2 Å². The van der Waals surface area contributed by atoms with Gasteiger partial charge in [0.2, 0.25) is 0 Å². The highest BCUT2D eigenvalue weighted by atomic mass is 32.1. The maximum atomic E-state index is 5.74. The van der Waals surface area contributed by atoms with Crippen LogP contribution in [0.3, 0.4) is 0 Å². The summed E-state index contributed by atoms with van der Waals surface area (Å²) in [7, 11) is 0. The number of rotatable bonds is 8. The Hall–Kier alpha value is -1.13. The molecule has 1 atom stereocenters. The van der Waals surface area contributed by atoms with Crippen LogP contribution in [0.5, 0.6) is 5.75 Å². The number of ether oxygens (including phenoxy) is 1. The van der Waals surface area contributed by atoms with Gasteiger partial charge >= 0.3 is 0 Å². The van der Waals surface area contributed by atoms with Crippen LogP contribution in [-0.2, 0) is 0 Å². The quantitative estimate of drug-likeness (QED) is 0.743. The normalized spacial score (nSPS) is 12.4. The number of benzene rings is 1. The number of thiocarbonyl (C=S) groups is 1. The van der Waals surface area contributed by atoms with Gasteiger partial charge in [-0.1, -0.05) is 26.1 Å². The fourth-order valence-electron chi connectivity index (χ4n) is 1.94. The smallest absolute Gasteiger partial charge is 0.119 e. The van der Waals surface area contributed by atoms with Crippen LogP contribution in [0.4, 0.5) is 0 Å². The van der Waals surface area contributed by atoms with Gasteiger partial charge in [-0.25, -0.2) is 0 Å². The first-order valence-corrected chi connectivity index (χ1v) is 7.26. The first-order valence-electron chi connectivity index (χ1n) is 6.85. The maximum Gasteiger partial charge on any atom is 0.119 e. The standard InChI is InChI=1S/C15H24N2OS/c1-4-12(3)17(5-2)10-11-18-14-8-6-13(7-9-14)15(16)19/h6-9,12H,4-5,10-11H2,1-3H3,(H2,16,19). The van der Waals surface area contributed by atoms with Crippen LogP contribution in [0, 0.1) is 0 Å². The molecule has 0 bridgehead atoms. The van der Waals surface area contributed by atoms with Gasteiger partial charge in [0.05, 0.1) is 0 Å². The lowest BCUT2D eigenvalue weighted by Gasteiger charge is -2.26. The van der Waals surface area contributed by atoms with Crippen molar-refractivity contribution in [2.75, 3.05) is 19.7 Å². The molecule has 0 fully saturated rings. The lowest BCUT2D eigenvalue weighted by atomic mass is 10.2. The topological polar surface area (TPSA) is 38.5 Å². The van der Waals surface area contributed by atoms with Crippen LogP contribution in [-0.4, -0.2) is 35.6 Å². The molecule has 0 aliphatic heterocycles. The molecule has 0 radical (unpaired) electrons. The summed E-state index contributed by atoms with van der Waals surface area (Å²) in [6.45, 7) is 9.35. The van der Waals surface area contributed by atoms with E-state index in [1.807, 2.05) is 24.3 Å². The van der Waals surface area contributed by atoms with Crippen molar-refractivity contribution in [2.45, 2.75) is 33.2 Å². The zero-order chi connectivity index (χ0) is 14.3. The molecule has 0 aliphatic rings. The van der Waals surface area contributed by atoms with Gasteiger partial charge in [0.1, 0.15) is 17.3 Å². The molecular weight excluding hydrogens is 256 g/mol. The molecule has 0 aliphatic carbocycles. The number of likely N-dealkylation sites (N-methyl/N-ethyl adjacent to an activating group) is 1. The minimum absolute atomic E-state index is 0.417. The summed E-state index contributed by atoms with van der Waals surface area (Å²) >= 11 is 4.91. The predicted octanol–water partition coefficient (Wildman–Crippen LogP) is 2.82. The van der Waals surface area contributed by atoms with Crippen LogP contribution in [0.15, 0.2) is 24.3 Å². The van der Waals surface area contributed by atoms with E-state index in [1.54, 1.807) is 0 Å². The van der Waals surface area contributed by atoms with Gasteiger partial charge in [-0.05, 0) is 44.2 Å². The molecule has 0 aromatic heterocycles. The molecule has 0 amide bonds. The van der Waals surface area contributed by atoms with Crippen molar-refractivity contribution in [2.24, 2.45) is 5.73 Å². The Morgan fingerprint density at radius 1 is 1.32 bits per heavy atom. The van der Waals surface area contributed by atoms with Crippen molar-refractivity contribution < 1.29 is 4.74 Å². The highest BCUT2D eigenvalue weighted by Crippen LogP contribution is 2.12. The molecule has 0 saturated heterocycles. The van der Waals surface area contributed by atoms with E-state index < -0.39 is 0 Å². The Kier molecular flexibility index (Phi) is 6.81. The van der Waals surface area contributed by atoms with Gasteiger partial charge in [0.15, 0.2) is 0 Å². The highest BCUT2D eigenvalue weighted by Gasteiger charge is 2.09. The van der Waals surface area contributed by atoms with Crippen molar-refractivity contribution in [3.05, 3.63) is 29.8 Å². The first-order chi connectivity index (χ1) is 9.08. The number of hydrogen-bond acceptors (Lipinski definition) is 3. The van der Waals surface area contributed by atoms with E-state index in [0.717, 1.165) is 30.8 Å². The monoisotopic (exact) mass is 280 g/mol. The summed E-state index contributed by atoms with van der Waals surface area (Å²) in [4.78, 5) is 2.84. The van der Waals surface area contributed by atoms with E-state index in [-0.39, 0.29) is 0 Å². The van der Waals surface area contributed by atoms with Crippen LogP contribution in [0.2, 0.25) is 0 Å². The maximum absolute atomic E-state index is 5.74. The Bertz CT molecular complexity index is 392. The molecule has 4 heteroatoms. The fourth-order valence-corrected chi connectivity index (χ4v) is 2.08. The number of hydrogen-bond donors (Lipinski definition) is 1. The molecule has 3 nitrogen and oxygen atoms in total. The Balaban J connectivity index is 2.42. The predicted molar refractivity (Wildman–Crippen MR) is 84.8 cm³/mol. The summed E-state index contributed by atoms with van der Waals surface area (Å²) in [6, 6.07) is 8.21. The fraction of sp³-hybridized carbons (Fsp3) is 0.533. The van der Waals surface area contributed by atoms with Crippen molar-refractivity contribution in [1.82, 2.24) is 4.90 Å². The van der Waals surface area contributed by atoms with Gasteiger partial charge in [0.25, 0.3) is 0 Å². The van der Waals surface area contributed by atoms with E-state index >= 15 is 0 Å². The molecule has 1 aromatic rings. The molecule has 19 heavy (non-hydrogen) atoms. The van der Waals surface area contributed by atoms with Gasteiger partial charge in [-0.2, -0.15) is 0 Å². The van der Waals surface area contributed by atoms with Crippen LogP contribution >= 0.6 is 12.2 Å². The van der Waals surface area contributed by atoms with Crippen molar-refractivity contribution in [1.29, 1.82) is 0 Å². The largest absolute Gasteiger partial charge is 0.492 e. The van der Waals surface area contributed by atoms with Crippen LogP contribution in [0.1, 0.15) is 32.8 Å². The molecule has 1 unspecified atom stereocenters. The zero-order valence-electron chi connectivity index (χ0n) is 12.1. The van der Waals surface area contributed by atoms with E-state index in [4.69, 9.17) is 22.7 Å². The summed E-state index contributed by atoms with van der Waals surface area (Å²) in [5.74, 6) is 0.861. The lowest BCUT2D eigenvalue weighted by molar-refractivity contribution is 0.171. The third kappa shape index (κ3) is 5.17. The average molecular weight is 280 g/mol. The van der Waals surface area contributed by atoms with E-state index in [1.165, 1.54) is 0 Å². The van der Waals surface area contributed by atoms with Crippen LogP contribution in [0.25, 0.3) is 0 Å². The second kappa shape index (κ2) is 8.12. The van der Waals surface area contributed by atoms with E-state index in [9.17, 15) is 0 Å². The second-order valence-electron chi connectivity index (χ2n) is 4.62. The second-order valence-corrected chi connectivity index (χ2v) is 5.06. The summed E-state index contributed by atoms with van der Waals surface area (Å²) in [6.07, 6.45) is 1.16. The SMILES string of the molecule is CCC(C)N(CC)CCOc1ccc(C(N)=S)cc1. The Morgan fingerprint density at radius 2 is 1.95 bits per heavy atom. The third-order valence-electron chi connectivity index (χ3n) is 3.41. The van der Waals surface area contributed by atoms with Gasteiger partial charge in [-0.15, -0.1) is 0 Å². The first kappa shape index (κ1) is 15.9. The minimum atomic E-state index is 0.417. The summed E-state index contributed by atoms with van der Waals surface area (Å²) in [5, 5.41) is 0. The number of nitrogens with two attached hydrogens (primary N) is 1. The Labute approximate surface area is 121 Å².